The molecule has 0 aliphatic heterocycles. The molecule has 2 aromatic carbocycles. The van der Waals surface area contributed by atoms with E-state index in [4.69, 9.17) is 14.2 Å². The Bertz CT molecular complexity index is 1040. The number of nitrogens with zero attached hydrogens (tertiary/aromatic N) is 1. The van der Waals surface area contributed by atoms with Crippen molar-refractivity contribution in [3.05, 3.63) is 41.7 Å². The van der Waals surface area contributed by atoms with Gasteiger partial charge in [0.15, 0.2) is 23.0 Å². The molecule has 0 saturated heterocycles. The lowest BCUT2D eigenvalue weighted by Gasteiger charge is -2.24. The number of benzene rings is 2. The minimum absolute atomic E-state index is 0.115. The summed E-state index contributed by atoms with van der Waals surface area (Å²) in [6.07, 6.45) is 1.58. The fourth-order valence-electron chi connectivity index (χ4n) is 3.37. The molecule has 6 heteroatoms. The van der Waals surface area contributed by atoms with Crippen LogP contribution in [0.4, 0.5) is 0 Å². The molecule has 0 amide bonds. The number of fused-ring (bicyclic) bond motifs is 2. The second kappa shape index (κ2) is 5.37. The Balaban J connectivity index is 2.27. The second-order valence-corrected chi connectivity index (χ2v) is 5.61. The van der Waals surface area contributed by atoms with Crippen molar-refractivity contribution >= 4 is 16.6 Å². The van der Waals surface area contributed by atoms with E-state index in [9.17, 15) is 9.90 Å². The van der Waals surface area contributed by atoms with Crippen LogP contribution >= 0.6 is 0 Å². The number of ether oxygens (including phenoxy) is 3. The van der Waals surface area contributed by atoms with Crippen molar-refractivity contribution in [2.75, 3.05) is 21.3 Å². The molecular weight excluding hydrogens is 322 g/mol. The zero-order chi connectivity index (χ0) is 17.7. The summed E-state index contributed by atoms with van der Waals surface area (Å²) >= 11 is 0. The first-order valence-corrected chi connectivity index (χ1v) is 7.61. The van der Waals surface area contributed by atoms with Gasteiger partial charge in [0.2, 0.25) is 5.78 Å². The van der Waals surface area contributed by atoms with Crippen LogP contribution in [0.25, 0.3) is 21.9 Å². The lowest BCUT2D eigenvalue weighted by atomic mass is 9.83. The van der Waals surface area contributed by atoms with Gasteiger partial charge in [0, 0.05) is 28.3 Å². The molecule has 25 heavy (non-hydrogen) atoms. The highest BCUT2D eigenvalue weighted by molar-refractivity contribution is 6.26. The number of pyridine rings is 1. The molecule has 0 unspecified atom stereocenters. The Morgan fingerprint density at radius 1 is 0.960 bits per heavy atom. The summed E-state index contributed by atoms with van der Waals surface area (Å²) in [7, 11) is 4.52. The first-order valence-electron chi connectivity index (χ1n) is 7.61. The van der Waals surface area contributed by atoms with Gasteiger partial charge in [-0.2, -0.15) is 0 Å². The van der Waals surface area contributed by atoms with Crippen LogP contribution in [0.1, 0.15) is 16.1 Å². The number of phenols is 1. The zero-order valence-corrected chi connectivity index (χ0v) is 13.9. The number of carbonyl (C=O) groups is 1. The maximum atomic E-state index is 12.9. The van der Waals surface area contributed by atoms with Gasteiger partial charge in [-0.25, -0.2) is 0 Å². The molecule has 1 N–H and O–H groups in total. The minimum atomic E-state index is -0.252. The first-order chi connectivity index (χ1) is 12.1. The average Bonchev–Trinajstić information content (AvgIpc) is 2.64. The molecule has 1 aliphatic carbocycles. The highest BCUT2D eigenvalue weighted by atomic mass is 16.5. The number of hydrogen-bond donors (Lipinski definition) is 1. The van der Waals surface area contributed by atoms with E-state index in [0.717, 1.165) is 5.39 Å². The van der Waals surface area contributed by atoms with Gasteiger partial charge in [-0.1, -0.05) is 0 Å². The largest absolute Gasteiger partial charge is 0.504 e. The smallest absolute Gasteiger partial charge is 0.212 e. The first kappa shape index (κ1) is 15.3. The van der Waals surface area contributed by atoms with Crippen molar-refractivity contribution in [2.45, 2.75) is 0 Å². The van der Waals surface area contributed by atoms with E-state index in [0.29, 0.717) is 39.3 Å². The quantitative estimate of drug-likeness (QED) is 0.619. The number of hydrogen-bond acceptors (Lipinski definition) is 6. The summed E-state index contributed by atoms with van der Waals surface area (Å²) in [6.45, 7) is 0. The third-order valence-electron chi connectivity index (χ3n) is 4.47. The molecule has 6 nitrogen and oxygen atoms in total. The summed E-state index contributed by atoms with van der Waals surface area (Å²) < 4.78 is 16.2. The molecule has 1 heterocycles. The van der Waals surface area contributed by atoms with Crippen LogP contribution in [-0.2, 0) is 0 Å². The number of carbonyl (C=O) groups excluding carboxylic acids is 1. The Kier molecular flexibility index (Phi) is 3.28. The highest BCUT2D eigenvalue weighted by Crippen LogP contribution is 2.53. The Morgan fingerprint density at radius 2 is 1.72 bits per heavy atom. The van der Waals surface area contributed by atoms with Crippen molar-refractivity contribution in [2.24, 2.45) is 0 Å². The summed E-state index contributed by atoms with van der Waals surface area (Å²) in [6, 6.07) is 6.76. The van der Waals surface area contributed by atoms with Crippen LogP contribution in [0.15, 0.2) is 30.5 Å². The Hall–Kier alpha value is -3.28. The van der Waals surface area contributed by atoms with Crippen molar-refractivity contribution in [3.63, 3.8) is 0 Å². The van der Waals surface area contributed by atoms with Gasteiger partial charge in [-0.05, 0) is 29.7 Å². The zero-order valence-electron chi connectivity index (χ0n) is 13.9. The molecule has 3 aromatic rings. The molecule has 0 fully saturated rings. The number of methoxy groups -OCH3 is 3. The van der Waals surface area contributed by atoms with Crippen LogP contribution in [0, 0.1) is 0 Å². The van der Waals surface area contributed by atoms with Gasteiger partial charge in [0.05, 0.1) is 21.3 Å². The lowest BCUT2D eigenvalue weighted by Crippen LogP contribution is -2.13. The number of ketones is 1. The summed E-state index contributed by atoms with van der Waals surface area (Å²) in [5, 5.41) is 12.1. The van der Waals surface area contributed by atoms with Crippen molar-refractivity contribution < 1.29 is 24.1 Å². The van der Waals surface area contributed by atoms with E-state index in [1.165, 1.54) is 14.2 Å². The van der Waals surface area contributed by atoms with E-state index in [-0.39, 0.29) is 17.3 Å². The van der Waals surface area contributed by atoms with Crippen LogP contribution in [-0.4, -0.2) is 37.2 Å². The highest BCUT2D eigenvalue weighted by Gasteiger charge is 2.33. The molecule has 126 valence electrons. The number of aromatic nitrogens is 1. The molecular formula is C19H15NO5. The Morgan fingerprint density at radius 3 is 2.40 bits per heavy atom. The van der Waals surface area contributed by atoms with Gasteiger partial charge in [-0.3, -0.25) is 9.78 Å². The summed E-state index contributed by atoms with van der Waals surface area (Å²) in [5.41, 5.74) is 1.61. The fraction of sp³-hybridized carbons (Fsp3) is 0.158. The second-order valence-electron chi connectivity index (χ2n) is 5.61. The van der Waals surface area contributed by atoms with Crippen LogP contribution < -0.4 is 14.2 Å². The average molecular weight is 337 g/mol. The molecule has 1 aromatic heterocycles. The topological polar surface area (TPSA) is 77.9 Å². The van der Waals surface area contributed by atoms with Crippen molar-refractivity contribution in [1.29, 1.82) is 0 Å². The third-order valence-corrected chi connectivity index (χ3v) is 4.47. The SMILES string of the molecule is COc1ccc2c(c1O)-c1c(OC)c(OC)cc3ccnc(c13)C2=O. The van der Waals surface area contributed by atoms with Crippen molar-refractivity contribution in [3.8, 4) is 34.1 Å². The Labute approximate surface area is 143 Å². The summed E-state index contributed by atoms with van der Waals surface area (Å²) in [4.78, 5) is 17.2. The number of phenolic OH excluding ortho intramolecular Hbond substituents is 1. The van der Waals surface area contributed by atoms with Gasteiger partial charge in [0.1, 0.15) is 5.69 Å². The molecule has 0 saturated carbocycles. The maximum Gasteiger partial charge on any atom is 0.212 e. The van der Waals surface area contributed by atoms with Gasteiger partial charge >= 0.3 is 0 Å². The molecule has 4 rings (SSSR count). The lowest BCUT2D eigenvalue weighted by molar-refractivity contribution is 0.103. The maximum absolute atomic E-state index is 12.9. The fourth-order valence-corrected chi connectivity index (χ4v) is 3.37. The minimum Gasteiger partial charge on any atom is -0.504 e. The van der Waals surface area contributed by atoms with Crippen molar-refractivity contribution in [1.82, 2.24) is 4.98 Å². The van der Waals surface area contributed by atoms with Crippen LogP contribution in [0.2, 0.25) is 0 Å². The number of aromatic hydroxyl groups is 1. The molecule has 0 spiro atoms. The standard InChI is InChI=1S/C19H15NO5/c1-23-11-5-4-10-14(18(11)22)15-13-9(6-7-20-16(13)17(10)21)8-12(24-2)19(15)25-3/h4-8,22H,1-3H3. The van der Waals surface area contributed by atoms with Gasteiger partial charge in [-0.15, -0.1) is 0 Å². The predicted molar refractivity (Wildman–Crippen MR) is 91.9 cm³/mol. The molecule has 0 radical (unpaired) electrons. The summed E-state index contributed by atoms with van der Waals surface area (Å²) in [5.74, 6) is 0.845. The van der Waals surface area contributed by atoms with E-state index in [1.54, 1.807) is 37.6 Å². The van der Waals surface area contributed by atoms with E-state index >= 15 is 0 Å². The van der Waals surface area contributed by atoms with E-state index < -0.39 is 0 Å². The normalized spacial score (nSPS) is 12.0. The third kappa shape index (κ3) is 1.91. The monoisotopic (exact) mass is 337 g/mol. The number of rotatable bonds is 3. The molecule has 0 atom stereocenters. The molecule has 0 bridgehead atoms. The van der Waals surface area contributed by atoms with Gasteiger partial charge < -0.3 is 19.3 Å². The van der Waals surface area contributed by atoms with E-state index in [2.05, 4.69) is 4.98 Å². The van der Waals surface area contributed by atoms with Crippen LogP contribution in [0.3, 0.4) is 0 Å². The predicted octanol–water partition coefficient (Wildman–Crippen LogP) is 3.18. The van der Waals surface area contributed by atoms with Gasteiger partial charge in [0.25, 0.3) is 0 Å². The van der Waals surface area contributed by atoms with Crippen LogP contribution in [0.5, 0.6) is 23.0 Å². The van der Waals surface area contributed by atoms with E-state index in [1.807, 2.05) is 0 Å². The molecule has 1 aliphatic rings.